The predicted octanol–water partition coefficient (Wildman–Crippen LogP) is 7.35. The normalized spacial score (nSPS) is 12.1. The Labute approximate surface area is 234 Å². The fraction of sp³-hybridized carbons (Fsp3) is 0.0690. The SMILES string of the molecule is COc1ccc(/C=C(/C(=O)Nc2ccc(S(=O)(=O)Nc3ccc(Cl)c(C(F)(F)F)c3)cc2)c2ccccc2)cc1. The molecule has 1 amide bonds. The summed E-state index contributed by atoms with van der Waals surface area (Å²) in [4.78, 5) is 13.1. The summed E-state index contributed by atoms with van der Waals surface area (Å²) in [5, 5.41) is 2.21. The van der Waals surface area contributed by atoms with E-state index < -0.39 is 32.7 Å². The maximum atomic E-state index is 13.3. The van der Waals surface area contributed by atoms with E-state index in [9.17, 15) is 26.4 Å². The van der Waals surface area contributed by atoms with Gasteiger partial charge in [-0.05, 0) is 71.8 Å². The van der Waals surface area contributed by atoms with E-state index in [1.807, 2.05) is 6.07 Å². The van der Waals surface area contributed by atoms with Gasteiger partial charge in [0.1, 0.15) is 5.75 Å². The Bertz CT molecular complexity index is 1640. The van der Waals surface area contributed by atoms with E-state index >= 15 is 0 Å². The first kappa shape index (κ1) is 28.7. The van der Waals surface area contributed by atoms with Crippen LogP contribution in [0.1, 0.15) is 16.7 Å². The molecule has 0 radical (unpaired) electrons. The highest BCUT2D eigenvalue weighted by molar-refractivity contribution is 7.92. The number of carbonyl (C=O) groups excluding carboxylic acids is 1. The summed E-state index contributed by atoms with van der Waals surface area (Å²) in [6.07, 6.45) is -3.03. The summed E-state index contributed by atoms with van der Waals surface area (Å²) >= 11 is 5.61. The Kier molecular flexibility index (Phi) is 8.51. The van der Waals surface area contributed by atoms with Crippen LogP contribution in [0.3, 0.4) is 0 Å². The van der Waals surface area contributed by atoms with Crippen molar-refractivity contribution in [3.63, 3.8) is 0 Å². The molecule has 0 heterocycles. The van der Waals surface area contributed by atoms with Crippen LogP contribution in [-0.2, 0) is 21.0 Å². The predicted molar refractivity (Wildman–Crippen MR) is 150 cm³/mol. The molecule has 0 spiro atoms. The number of methoxy groups -OCH3 is 1. The second-order valence-corrected chi connectivity index (χ2v) is 10.6. The van der Waals surface area contributed by atoms with Crippen LogP contribution < -0.4 is 14.8 Å². The van der Waals surface area contributed by atoms with Gasteiger partial charge in [-0.1, -0.05) is 54.1 Å². The number of halogens is 4. The number of amides is 1. The first-order valence-corrected chi connectivity index (χ1v) is 13.5. The number of nitrogens with one attached hydrogen (secondary N) is 2. The van der Waals surface area contributed by atoms with Gasteiger partial charge in [-0.25, -0.2) is 8.42 Å². The first-order chi connectivity index (χ1) is 19.0. The fourth-order valence-corrected chi connectivity index (χ4v) is 4.97. The highest BCUT2D eigenvalue weighted by atomic mass is 35.5. The van der Waals surface area contributed by atoms with Crippen LogP contribution in [0.25, 0.3) is 11.6 Å². The van der Waals surface area contributed by atoms with Crippen LogP contribution in [-0.4, -0.2) is 21.4 Å². The van der Waals surface area contributed by atoms with Crippen molar-refractivity contribution in [2.75, 3.05) is 17.1 Å². The van der Waals surface area contributed by atoms with E-state index in [-0.39, 0.29) is 10.6 Å². The van der Waals surface area contributed by atoms with Crippen molar-refractivity contribution in [3.05, 3.63) is 119 Å². The summed E-state index contributed by atoms with van der Waals surface area (Å²) in [6, 6.07) is 24.1. The molecule has 0 atom stereocenters. The maximum absolute atomic E-state index is 13.3. The van der Waals surface area contributed by atoms with E-state index in [1.54, 1.807) is 61.7 Å². The molecule has 0 aliphatic rings. The third-order valence-corrected chi connectivity index (χ3v) is 7.43. The minimum atomic E-state index is -4.75. The quantitative estimate of drug-likeness (QED) is 0.167. The number of alkyl halides is 3. The van der Waals surface area contributed by atoms with Crippen molar-refractivity contribution >= 4 is 50.6 Å². The van der Waals surface area contributed by atoms with Gasteiger partial charge >= 0.3 is 6.18 Å². The number of anilines is 2. The third-order valence-electron chi connectivity index (χ3n) is 5.70. The second kappa shape index (κ2) is 11.8. The van der Waals surface area contributed by atoms with Gasteiger partial charge in [0, 0.05) is 16.9 Å². The molecule has 4 aromatic carbocycles. The number of rotatable bonds is 8. The molecule has 4 rings (SSSR count). The highest BCUT2D eigenvalue weighted by Gasteiger charge is 2.33. The van der Waals surface area contributed by atoms with Crippen LogP contribution >= 0.6 is 11.6 Å². The summed E-state index contributed by atoms with van der Waals surface area (Å²) in [6.45, 7) is 0. The van der Waals surface area contributed by atoms with Gasteiger partial charge in [-0.2, -0.15) is 13.2 Å². The Balaban J connectivity index is 1.54. The second-order valence-electron chi connectivity index (χ2n) is 8.47. The lowest BCUT2D eigenvalue weighted by Crippen LogP contribution is -2.15. The largest absolute Gasteiger partial charge is 0.497 e. The summed E-state index contributed by atoms with van der Waals surface area (Å²) in [5.41, 5.74) is 0.645. The molecule has 40 heavy (non-hydrogen) atoms. The number of carbonyl (C=O) groups is 1. The van der Waals surface area contributed by atoms with Gasteiger partial charge in [-0.3, -0.25) is 9.52 Å². The van der Waals surface area contributed by atoms with Gasteiger partial charge in [0.25, 0.3) is 15.9 Å². The van der Waals surface area contributed by atoms with Crippen molar-refractivity contribution in [2.24, 2.45) is 0 Å². The summed E-state index contributed by atoms with van der Waals surface area (Å²) in [7, 11) is -2.68. The molecule has 0 bridgehead atoms. The van der Waals surface area contributed by atoms with Gasteiger partial charge in [0.05, 0.1) is 22.6 Å². The zero-order valence-corrected chi connectivity index (χ0v) is 22.4. The van der Waals surface area contributed by atoms with Crippen LogP contribution in [0.5, 0.6) is 5.75 Å². The van der Waals surface area contributed by atoms with E-state index in [2.05, 4.69) is 10.0 Å². The third kappa shape index (κ3) is 7.02. The summed E-state index contributed by atoms with van der Waals surface area (Å²) < 4.78 is 72.3. The van der Waals surface area contributed by atoms with Crippen molar-refractivity contribution in [1.82, 2.24) is 0 Å². The zero-order valence-electron chi connectivity index (χ0n) is 20.9. The van der Waals surface area contributed by atoms with Crippen molar-refractivity contribution < 1.29 is 31.1 Å². The van der Waals surface area contributed by atoms with E-state index in [0.29, 0.717) is 28.6 Å². The van der Waals surface area contributed by atoms with Crippen LogP contribution in [0, 0.1) is 0 Å². The Morgan fingerprint density at radius 3 is 2.10 bits per heavy atom. The van der Waals surface area contributed by atoms with E-state index in [4.69, 9.17) is 16.3 Å². The molecule has 0 aliphatic heterocycles. The number of ether oxygens (including phenoxy) is 1. The molecular weight excluding hydrogens is 565 g/mol. The number of sulfonamides is 1. The molecule has 0 fully saturated rings. The lowest BCUT2D eigenvalue weighted by Gasteiger charge is -2.13. The molecule has 206 valence electrons. The van der Waals surface area contributed by atoms with Gasteiger partial charge in [-0.15, -0.1) is 0 Å². The van der Waals surface area contributed by atoms with Crippen LogP contribution in [0.15, 0.2) is 102 Å². The van der Waals surface area contributed by atoms with Gasteiger partial charge in [0.15, 0.2) is 0 Å². The molecule has 4 aromatic rings. The molecule has 0 aliphatic carbocycles. The standard InChI is InChI=1S/C29H22ClF3N2O4S/c1-39-23-12-7-19(8-13-23)17-25(20-5-3-2-4-6-20)28(36)34-21-9-14-24(15-10-21)40(37,38)35-22-11-16-27(30)26(18-22)29(31,32)33/h2-18,35H,1H3,(H,34,36)/b25-17+. The molecular formula is C29H22ClF3N2O4S. The van der Waals surface area contributed by atoms with Crippen LogP contribution in [0.2, 0.25) is 5.02 Å². The molecule has 2 N–H and O–H groups in total. The molecule has 11 heteroatoms. The average molecular weight is 587 g/mol. The molecule has 0 saturated heterocycles. The molecule has 0 unspecified atom stereocenters. The Hall–Kier alpha value is -4.28. The van der Waals surface area contributed by atoms with Gasteiger partial charge in [0.2, 0.25) is 0 Å². The highest BCUT2D eigenvalue weighted by Crippen LogP contribution is 2.36. The molecule has 6 nitrogen and oxygen atoms in total. The minimum absolute atomic E-state index is 0.217. The van der Waals surface area contributed by atoms with Crippen LogP contribution in [0.4, 0.5) is 24.5 Å². The number of benzene rings is 4. The van der Waals surface area contributed by atoms with Gasteiger partial charge < -0.3 is 10.1 Å². The lowest BCUT2D eigenvalue weighted by molar-refractivity contribution is -0.137. The first-order valence-electron chi connectivity index (χ1n) is 11.7. The topological polar surface area (TPSA) is 84.5 Å². The Morgan fingerprint density at radius 2 is 1.50 bits per heavy atom. The minimum Gasteiger partial charge on any atom is -0.497 e. The van der Waals surface area contributed by atoms with Crippen molar-refractivity contribution in [3.8, 4) is 5.75 Å². The monoisotopic (exact) mass is 586 g/mol. The fourth-order valence-electron chi connectivity index (χ4n) is 3.70. The smallest absolute Gasteiger partial charge is 0.417 e. The van der Waals surface area contributed by atoms with E-state index in [0.717, 1.165) is 17.7 Å². The number of hydrogen-bond donors (Lipinski definition) is 2. The van der Waals surface area contributed by atoms with Crippen molar-refractivity contribution in [2.45, 2.75) is 11.1 Å². The van der Waals surface area contributed by atoms with E-state index in [1.165, 1.54) is 24.3 Å². The lowest BCUT2D eigenvalue weighted by atomic mass is 10.0. The molecule has 0 saturated carbocycles. The average Bonchev–Trinajstić information content (AvgIpc) is 2.93. The van der Waals surface area contributed by atoms with Crippen molar-refractivity contribution in [1.29, 1.82) is 0 Å². The zero-order chi connectivity index (χ0) is 28.9. The number of hydrogen-bond acceptors (Lipinski definition) is 4. The Morgan fingerprint density at radius 1 is 0.875 bits per heavy atom. The molecule has 0 aromatic heterocycles. The summed E-state index contributed by atoms with van der Waals surface area (Å²) in [5.74, 6) is 0.237. The maximum Gasteiger partial charge on any atom is 0.417 e.